The summed E-state index contributed by atoms with van der Waals surface area (Å²) in [7, 11) is -2.49. The van der Waals surface area contributed by atoms with Crippen molar-refractivity contribution < 1.29 is 4.57 Å². The molecule has 0 spiro atoms. The summed E-state index contributed by atoms with van der Waals surface area (Å²) in [6.07, 6.45) is 7.26. The first kappa shape index (κ1) is 14.6. The van der Waals surface area contributed by atoms with E-state index in [1.165, 1.54) is 32.1 Å². The molecule has 1 aliphatic rings. The van der Waals surface area contributed by atoms with E-state index in [1.807, 2.05) is 60.7 Å². The van der Waals surface area contributed by atoms with Gasteiger partial charge in [0.05, 0.1) is 0 Å². The van der Waals surface area contributed by atoms with Crippen molar-refractivity contribution in [2.24, 2.45) is 5.92 Å². The minimum Gasteiger partial charge on any atom is -0.314 e. The van der Waals surface area contributed by atoms with Gasteiger partial charge in [0.15, 0.2) is 0 Å². The Balaban J connectivity index is 1.96. The summed E-state index contributed by atoms with van der Waals surface area (Å²) < 4.78 is 13.9. The molecule has 0 aromatic heterocycles. The van der Waals surface area contributed by atoms with E-state index in [0.29, 0.717) is 5.92 Å². The maximum Gasteiger partial charge on any atom is 0.143 e. The Morgan fingerprint density at radius 3 is 1.71 bits per heavy atom. The largest absolute Gasteiger partial charge is 0.314 e. The van der Waals surface area contributed by atoms with Crippen molar-refractivity contribution in [1.82, 2.24) is 0 Å². The summed E-state index contributed by atoms with van der Waals surface area (Å²) in [4.78, 5) is 0. The Bertz CT molecular complexity index is 556. The van der Waals surface area contributed by atoms with Crippen molar-refractivity contribution >= 4 is 17.8 Å². The van der Waals surface area contributed by atoms with Crippen molar-refractivity contribution in [2.75, 3.05) is 6.16 Å². The molecular weight excluding hydrogens is 275 g/mol. The monoisotopic (exact) mass is 298 g/mol. The Hall–Kier alpha value is -1.33. The zero-order valence-electron chi connectivity index (χ0n) is 12.4. The molecule has 0 atom stereocenters. The molecule has 0 radical (unpaired) electrons. The van der Waals surface area contributed by atoms with Gasteiger partial charge in [-0.25, -0.2) is 0 Å². The predicted molar refractivity (Wildman–Crippen MR) is 91.2 cm³/mol. The summed E-state index contributed by atoms with van der Waals surface area (Å²) >= 11 is 0. The molecule has 1 aliphatic carbocycles. The third kappa shape index (κ3) is 3.30. The van der Waals surface area contributed by atoms with Crippen molar-refractivity contribution in [3.63, 3.8) is 0 Å². The van der Waals surface area contributed by atoms with E-state index in [0.717, 1.165) is 16.8 Å². The minimum atomic E-state index is -2.49. The first-order valence-electron chi connectivity index (χ1n) is 7.99. The second-order valence-corrected chi connectivity index (χ2v) is 8.97. The normalized spacial score (nSPS) is 16.8. The predicted octanol–water partition coefficient (Wildman–Crippen LogP) is 4.58. The lowest BCUT2D eigenvalue weighted by atomic mass is 9.91. The second kappa shape index (κ2) is 6.62. The molecule has 2 heteroatoms. The summed E-state index contributed by atoms with van der Waals surface area (Å²) in [5, 5.41) is 2.03. The topological polar surface area (TPSA) is 17.1 Å². The Labute approximate surface area is 127 Å². The number of hydrogen-bond acceptors (Lipinski definition) is 1. The molecule has 110 valence electrons. The summed E-state index contributed by atoms with van der Waals surface area (Å²) in [5.41, 5.74) is 0. The quantitative estimate of drug-likeness (QED) is 0.755. The smallest absolute Gasteiger partial charge is 0.143 e. The van der Waals surface area contributed by atoms with Gasteiger partial charge in [-0.2, -0.15) is 0 Å². The number of hydrogen-bond donors (Lipinski definition) is 0. The molecule has 0 unspecified atom stereocenters. The van der Waals surface area contributed by atoms with Gasteiger partial charge in [0.1, 0.15) is 7.14 Å². The van der Waals surface area contributed by atoms with Gasteiger partial charge in [0, 0.05) is 16.8 Å². The van der Waals surface area contributed by atoms with E-state index in [2.05, 4.69) is 0 Å². The minimum absolute atomic E-state index is 0.616. The molecule has 3 rings (SSSR count). The summed E-state index contributed by atoms with van der Waals surface area (Å²) in [5.74, 6) is 0.616. The van der Waals surface area contributed by atoms with Crippen LogP contribution in [0.4, 0.5) is 0 Å². The Kier molecular flexibility index (Phi) is 4.60. The van der Waals surface area contributed by atoms with Crippen LogP contribution in [0.2, 0.25) is 0 Å². The first-order valence-corrected chi connectivity index (χ1v) is 9.88. The molecule has 0 aliphatic heterocycles. The van der Waals surface area contributed by atoms with Crippen molar-refractivity contribution in [1.29, 1.82) is 0 Å². The van der Waals surface area contributed by atoms with Crippen LogP contribution in [-0.4, -0.2) is 6.16 Å². The maximum absolute atomic E-state index is 13.9. The van der Waals surface area contributed by atoms with Crippen LogP contribution in [0.25, 0.3) is 0 Å². The van der Waals surface area contributed by atoms with Crippen LogP contribution >= 0.6 is 7.14 Å². The van der Waals surface area contributed by atoms with Gasteiger partial charge < -0.3 is 4.57 Å². The summed E-state index contributed by atoms with van der Waals surface area (Å²) in [6, 6.07) is 20.2. The van der Waals surface area contributed by atoms with Crippen LogP contribution in [0, 0.1) is 5.92 Å². The summed E-state index contributed by atoms with van der Waals surface area (Å²) in [6.45, 7) is 0. The van der Waals surface area contributed by atoms with Crippen LogP contribution in [-0.2, 0) is 4.57 Å². The van der Waals surface area contributed by atoms with Gasteiger partial charge in [-0.3, -0.25) is 0 Å². The van der Waals surface area contributed by atoms with E-state index < -0.39 is 7.14 Å². The van der Waals surface area contributed by atoms with E-state index in [9.17, 15) is 4.57 Å². The third-order valence-electron chi connectivity index (χ3n) is 4.59. The SMILES string of the molecule is O=P(CC1CCCCC1)(c1ccccc1)c1ccccc1. The molecule has 2 aromatic rings. The number of rotatable bonds is 4. The average Bonchev–Trinajstić information content (AvgIpc) is 2.57. The third-order valence-corrected chi connectivity index (χ3v) is 7.88. The molecule has 0 N–H and O–H groups in total. The van der Waals surface area contributed by atoms with Crippen molar-refractivity contribution in [3.8, 4) is 0 Å². The number of benzene rings is 2. The Morgan fingerprint density at radius 1 is 0.762 bits per heavy atom. The van der Waals surface area contributed by atoms with E-state index in [-0.39, 0.29) is 0 Å². The van der Waals surface area contributed by atoms with Crippen molar-refractivity contribution in [3.05, 3.63) is 60.7 Å². The van der Waals surface area contributed by atoms with Crippen LogP contribution in [0.15, 0.2) is 60.7 Å². The average molecular weight is 298 g/mol. The molecule has 1 saturated carbocycles. The molecule has 21 heavy (non-hydrogen) atoms. The lowest BCUT2D eigenvalue weighted by Crippen LogP contribution is -2.23. The lowest BCUT2D eigenvalue weighted by Gasteiger charge is -2.27. The zero-order chi connectivity index (χ0) is 14.5. The van der Waals surface area contributed by atoms with Gasteiger partial charge in [-0.05, 0) is 18.8 Å². The second-order valence-electron chi connectivity index (χ2n) is 6.10. The van der Waals surface area contributed by atoms with E-state index >= 15 is 0 Å². The fourth-order valence-electron chi connectivity index (χ4n) is 3.43. The highest BCUT2D eigenvalue weighted by Crippen LogP contribution is 2.47. The molecule has 1 nitrogen and oxygen atoms in total. The molecule has 0 heterocycles. The molecule has 1 fully saturated rings. The van der Waals surface area contributed by atoms with Gasteiger partial charge in [0.25, 0.3) is 0 Å². The van der Waals surface area contributed by atoms with Gasteiger partial charge >= 0.3 is 0 Å². The van der Waals surface area contributed by atoms with E-state index in [1.54, 1.807) is 0 Å². The molecule has 0 amide bonds. The Morgan fingerprint density at radius 2 is 1.24 bits per heavy atom. The molecule has 0 bridgehead atoms. The first-order chi connectivity index (χ1) is 10.3. The van der Waals surface area contributed by atoms with Crippen molar-refractivity contribution in [2.45, 2.75) is 32.1 Å². The zero-order valence-corrected chi connectivity index (χ0v) is 13.3. The van der Waals surface area contributed by atoms with E-state index in [4.69, 9.17) is 0 Å². The molecule has 2 aromatic carbocycles. The highest BCUT2D eigenvalue weighted by atomic mass is 31.2. The van der Waals surface area contributed by atoms with Gasteiger partial charge in [-0.15, -0.1) is 0 Å². The van der Waals surface area contributed by atoms with Gasteiger partial charge in [-0.1, -0.05) is 79.9 Å². The van der Waals surface area contributed by atoms with Crippen LogP contribution in [0.5, 0.6) is 0 Å². The standard InChI is InChI=1S/C19H23OP/c20-21(18-12-6-2-7-13-18,19-14-8-3-9-15-19)16-17-10-4-1-5-11-17/h2-3,6-9,12-15,17H,1,4-5,10-11,16H2. The lowest BCUT2D eigenvalue weighted by molar-refractivity contribution is 0.386. The fourth-order valence-corrected chi connectivity index (χ4v) is 6.55. The van der Waals surface area contributed by atoms with Crippen LogP contribution < -0.4 is 10.6 Å². The highest BCUT2D eigenvalue weighted by molar-refractivity contribution is 7.78. The highest BCUT2D eigenvalue weighted by Gasteiger charge is 2.31. The fraction of sp³-hybridized carbons (Fsp3) is 0.368. The van der Waals surface area contributed by atoms with Crippen LogP contribution in [0.3, 0.4) is 0 Å². The van der Waals surface area contributed by atoms with Gasteiger partial charge in [0.2, 0.25) is 0 Å². The van der Waals surface area contributed by atoms with Crippen LogP contribution in [0.1, 0.15) is 32.1 Å². The molecular formula is C19H23OP. The maximum atomic E-state index is 13.9. The molecule has 0 saturated heterocycles.